The van der Waals surface area contributed by atoms with Gasteiger partial charge in [0, 0.05) is 12.3 Å². The molecule has 1 aromatic carbocycles. The lowest BCUT2D eigenvalue weighted by Crippen LogP contribution is -2.38. The maximum absolute atomic E-state index is 12.4. The molecule has 134 valence electrons. The van der Waals surface area contributed by atoms with Gasteiger partial charge in [0.25, 0.3) is 0 Å². The number of cyclic esters (lactones) is 1. The third kappa shape index (κ3) is 2.69. The zero-order valence-corrected chi connectivity index (χ0v) is 14.9. The van der Waals surface area contributed by atoms with E-state index in [0.717, 1.165) is 5.56 Å². The summed E-state index contributed by atoms with van der Waals surface area (Å²) in [5.41, 5.74) is 0.861. The van der Waals surface area contributed by atoms with Crippen molar-refractivity contribution in [2.75, 3.05) is 21.3 Å². The Bertz CT molecular complexity index is 755. The van der Waals surface area contributed by atoms with Gasteiger partial charge in [-0.3, -0.25) is 4.79 Å². The number of ether oxygens (including phenoxy) is 4. The summed E-state index contributed by atoms with van der Waals surface area (Å²) in [6, 6.07) is 3.52. The van der Waals surface area contributed by atoms with Gasteiger partial charge < -0.3 is 24.3 Å². The third-order valence-corrected chi connectivity index (χ3v) is 4.53. The largest absolute Gasteiger partial charge is 0.493 e. The van der Waals surface area contributed by atoms with Crippen LogP contribution in [0.4, 0.5) is 0 Å². The molecule has 7 nitrogen and oxygen atoms in total. The molecule has 0 bridgehead atoms. The number of nitrogens with one attached hydrogen (secondary N) is 1. The summed E-state index contributed by atoms with van der Waals surface area (Å²) in [5.74, 6) is 0.373. The van der Waals surface area contributed by atoms with Crippen molar-refractivity contribution in [1.82, 2.24) is 5.32 Å². The monoisotopic (exact) mass is 347 g/mol. The van der Waals surface area contributed by atoms with Crippen LogP contribution in [0.1, 0.15) is 31.7 Å². The Kier molecular flexibility index (Phi) is 4.10. The molecule has 25 heavy (non-hydrogen) atoms. The number of amides is 1. The molecule has 1 atom stereocenters. The van der Waals surface area contributed by atoms with Gasteiger partial charge in [0.15, 0.2) is 11.5 Å². The molecular weight excluding hydrogens is 326 g/mol. The molecule has 0 aromatic heterocycles. The highest BCUT2D eigenvalue weighted by Crippen LogP contribution is 2.46. The van der Waals surface area contributed by atoms with Crippen LogP contribution in [0.3, 0.4) is 0 Å². The molecule has 2 aliphatic heterocycles. The van der Waals surface area contributed by atoms with Gasteiger partial charge in [-0.25, -0.2) is 4.79 Å². The lowest BCUT2D eigenvalue weighted by atomic mass is 9.82. The molecule has 7 heteroatoms. The van der Waals surface area contributed by atoms with E-state index in [4.69, 9.17) is 18.9 Å². The fourth-order valence-corrected chi connectivity index (χ4v) is 3.36. The fraction of sp³-hybridized carbons (Fsp3) is 0.444. The van der Waals surface area contributed by atoms with Crippen molar-refractivity contribution in [3.8, 4) is 17.2 Å². The van der Waals surface area contributed by atoms with Crippen LogP contribution in [-0.4, -0.2) is 38.8 Å². The first-order valence-corrected chi connectivity index (χ1v) is 7.90. The summed E-state index contributed by atoms with van der Waals surface area (Å²) in [4.78, 5) is 24.6. The third-order valence-electron chi connectivity index (χ3n) is 4.53. The van der Waals surface area contributed by atoms with E-state index in [0.29, 0.717) is 28.5 Å². The molecule has 0 fully saturated rings. The Morgan fingerprint density at radius 1 is 1.08 bits per heavy atom. The lowest BCUT2D eigenvalue weighted by molar-refractivity contribution is -0.144. The number of rotatable bonds is 4. The normalized spacial score (nSPS) is 21.4. The second kappa shape index (κ2) is 5.98. The maximum atomic E-state index is 12.4. The molecule has 1 N–H and O–H groups in total. The Balaban J connectivity index is 2.17. The highest BCUT2D eigenvalue weighted by Gasteiger charge is 2.47. The van der Waals surface area contributed by atoms with Crippen LogP contribution < -0.4 is 19.5 Å². The van der Waals surface area contributed by atoms with Gasteiger partial charge in [-0.1, -0.05) is 0 Å². The van der Waals surface area contributed by atoms with Gasteiger partial charge in [-0.15, -0.1) is 0 Å². The SMILES string of the molecule is COc1cc([C@@H]2CC(=O)NC3=C2C(=O)OC3(C)C)cc(OC)c1OC. The molecule has 0 radical (unpaired) electrons. The highest BCUT2D eigenvalue weighted by atomic mass is 16.6. The molecule has 3 rings (SSSR count). The van der Waals surface area contributed by atoms with Crippen molar-refractivity contribution < 1.29 is 28.5 Å². The topological polar surface area (TPSA) is 83.1 Å². The molecular formula is C18H21NO6. The molecule has 0 unspecified atom stereocenters. The molecule has 0 spiro atoms. The first-order chi connectivity index (χ1) is 11.8. The van der Waals surface area contributed by atoms with Crippen molar-refractivity contribution in [1.29, 1.82) is 0 Å². The fourth-order valence-electron chi connectivity index (χ4n) is 3.36. The van der Waals surface area contributed by atoms with Crippen LogP contribution in [0.15, 0.2) is 23.4 Å². The second-order valence-corrected chi connectivity index (χ2v) is 6.45. The van der Waals surface area contributed by atoms with E-state index in [2.05, 4.69) is 5.32 Å². The number of carbonyl (C=O) groups excluding carboxylic acids is 2. The van der Waals surface area contributed by atoms with Gasteiger partial charge in [-0.2, -0.15) is 0 Å². The molecule has 0 saturated heterocycles. The van der Waals surface area contributed by atoms with Crippen molar-refractivity contribution in [2.24, 2.45) is 0 Å². The zero-order chi connectivity index (χ0) is 18.4. The molecule has 0 saturated carbocycles. The number of esters is 1. The minimum atomic E-state index is -0.860. The van der Waals surface area contributed by atoms with Crippen molar-refractivity contribution in [3.63, 3.8) is 0 Å². The van der Waals surface area contributed by atoms with Crippen LogP contribution in [0.25, 0.3) is 0 Å². The smallest absolute Gasteiger partial charge is 0.337 e. The number of hydrogen-bond donors (Lipinski definition) is 1. The maximum Gasteiger partial charge on any atom is 0.337 e. The van der Waals surface area contributed by atoms with Crippen LogP contribution in [0, 0.1) is 0 Å². The summed E-state index contributed by atoms with van der Waals surface area (Å²) in [6.45, 7) is 3.51. The van der Waals surface area contributed by atoms with Gasteiger partial charge in [0.1, 0.15) is 5.60 Å². The van der Waals surface area contributed by atoms with E-state index >= 15 is 0 Å². The number of hydrogen-bond acceptors (Lipinski definition) is 6. The zero-order valence-electron chi connectivity index (χ0n) is 14.9. The van der Waals surface area contributed by atoms with Crippen molar-refractivity contribution in [3.05, 3.63) is 29.0 Å². The first-order valence-electron chi connectivity index (χ1n) is 7.90. The van der Waals surface area contributed by atoms with E-state index < -0.39 is 17.5 Å². The summed E-state index contributed by atoms with van der Waals surface area (Å²) >= 11 is 0. The summed E-state index contributed by atoms with van der Waals surface area (Å²) in [6.07, 6.45) is 0.142. The van der Waals surface area contributed by atoms with Crippen LogP contribution in [0.2, 0.25) is 0 Å². The summed E-state index contributed by atoms with van der Waals surface area (Å²) in [5, 5.41) is 2.79. The quantitative estimate of drug-likeness (QED) is 0.838. The average Bonchev–Trinajstić information content (AvgIpc) is 2.81. The Hall–Kier alpha value is -2.70. The predicted molar refractivity (Wildman–Crippen MR) is 88.8 cm³/mol. The van der Waals surface area contributed by atoms with Gasteiger partial charge in [-0.05, 0) is 31.5 Å². The van der Waals surface area contributed by atoms with Crippen molar-refractivity contribution in [2.45, 2.75) is 31.8 Å². The van der Waals surface area contributed by atoms with Crippen LogP contribution >= 0.6 is 0 Å². The summed E-state index contributed by atoms with van der Waals surface area (Å²) in [7, 11) is 4.56. The van der Waals surface area contributed by atoms with E-state index in [9.17, 15) is 9.59 Å². The standard InChI is InChI=1S/C18H21NO6/c1-18(2)16-14(17(21)25-18)10(8-13(20)19-16)9-6-11(22-3)15(24-5)12(7-9)23-4/h6-7,10H,8H2,1-5H3,(H,19,20)/t10-/m0/s1. The number of methoxy groups -OCH3 is 3. The molecule has 2 heterocycles. The Morgan fingerprint density at radius 2 is 1.68 bits per heavy atom. The van der Waals surface area contributed by atoms with E-state index in [-0.39, 0.29) is 12.3 Å². The average molecular weight is 347 g/mol. The molecule has 0 aliphatic carbocycles. The first kappa shape index (κ1) is 17.1. The number of carbonyl (C=O) groups is 2. The van der Waals surface area contributed by atoms with E-state index in [1.807, 2.05) is 0 Å². The van der Waals surface area contributed by atoms with Crippen LogP contribution in [-0.2, 0) is 14.3 Å². The predicted octanol–water partition coefficient (Wildman–Crippen LogP) is 1.91. The van der Waals surface area contributed by atoms with E-state index in [1.165, 1.54) is 21.3 Å². The Morgan fingerprint density at radius 3 is 2.20 bits per heavy atom. The summed E-state index contributed by atoms with van der Waals surface area (Å²) < 4.78 is 21.5. The molecule has 1 amide bonds. The molecule has 2 aliphatic rings. The highest BCUT2D eigenvalue weighted by molar-refractivity contribution is 5.99. The van der Waals surface area contributed by atoms with Crippen LogP contribution in [0.5, 0.6) is 17.2 Å². The Labute approximate surface area is 145 Å². The van der Waals surface area contributed by atoms with Gasteiger partial charge in [0.2, 0.25) is 11.7 Å². The number of benzene rings is 1. The van der Waals surface area contributed by atoms with Gasteiger partial charge in [0.05, 0.1) is 32.6 Å². The van der Waals surface area contributed by atoms with Gasteiger partial charge >= 0.3 is 5.97 Å². The molecule has 1 aromatic rings. The lowest BCUT2D eigenvalue weighted by Gasteiger charge is -2.27. The van der Waals surface area contributed by atoms with Crippen molar-refractivity contribution >= 4 is 11.9 Å². The minimum Gasteiger partial charge on any atom is -0.493 e. The minimum absolute atomic E-state index is 0.142. The second-order valence-electron chi connectivity index (χ2n) is 6.45. The van der Waals surface area contributed by atoms with E-state index in [1.54, 1.807) is 26.0 Å².